The molecule has 25 heavy (non-hydrogen) atoms. The number of aromatic nitrogens is 2. The van der Waals surface area contributed by atoms with Crippen LogP contribution in [0.2, 0.25) is 0 Å². The van der Waals surface area contributed by atoms with Crippen LogP contribution in [0, 0.1) is 12.7 Å². The van der Waals surface area contributed by atoms with E-state index in [4.69, 9.17) is 0 Å². The van der Waals surface area contributed by atoms with Gasteiger partial charge < -0.3 is 5.32 Å². The number of thiazole rings is 1. The van der Waals surface area contributed by atoms with Gasteiger partial charge >= 0.3 is 0 Å². The Morgan fingerprint density at radius 3 is 2.56 bits per heavy atom. The summed E-state index contributed by atoms with van der Waals surface area (Å²) in [6.45, 7) is 2.04. The zero-order valence-electron chi connectivity index (χ0n) is 13.4. The van der Waals surface area contributed by atoms with Crippen molar-refractivity contribution >= 4 is 27.9 Å². The molecule has 4 rings (SSSR count). The van der Waals surface area contributed by atoms with Crippen molar-refractivity contribution in [2.24, 2.45) is 0 Å². The molecule has 1 N–H and O–H groups in total. The van der Waals surface area contributed by atoms with Crippen molar-refractivity contribution in [1.29, 1.82) is 0 Å². The molecule has 0 radical (unpaired) electrons. The lowest BCUT2D eigenvalue weighted by atomic mass is 10.1. The molecule has 0 fully saturated rings. The van der Waals surface area contributed by atoms with Crippen molar-refractivity contribution in [3.05, 3.63) is 77.2 Å². The maximum atomic E-state index is 13.0. The highest BCUT2D eigenvalue weighted by molar-refractivity contribution is 7.15. The van der Waals surface area contributed by atoms with Crippen LogP contribution in [0.5, 0.6) is 0 Å². The monoisotopic (exact) mass is 351 g/mol. The van der Waals surface area contributed by atoms with Gasteiger partial charge in [0.2, 0.25) is 0 Å². The van der Waals surface area contributed by atoms with Crippen LogP contribution in [-0.4, -0.2) is 15.3 Å². The van der Waals surface area contributed by atoms with Crippen molar-refractivity contribution < 1.29 is 9.18 Å². The number of rotatable bonds is 3. The van der Waals surface area contributed by atoms with Crippen molar-refractivity contribution in [1.82, 2.24) is 9.38 Å². The Balaban J connectivity index is 1.64. The molecule has 0 bridgehead atoms. The van der Waals surface area contributed by atoms with Gasteiger partial charge in [-0.15, -0.1) is 11.3 Å². The van der Waals surface area contributed by atoms with Gasteiger partial charge in [-0.2, -0.15) is 0 Å². The number of nitrogens with zero attached hydrogens (tertiary/aromatic N) is 2. The van der Waals surface area contributed by atoms with E-state index in [1.165, 1.54) is 41.2 Å². The van der Waals surface area contributed by atoms with Gasteiger partial charge in [0.15, 0.2) is 4.96 Å². The minimum Gasteiger partial charge on any atom is -0.321 e. The van der Waals surface area contributed by atoms with Gasteiger partial charge in [0, 0.05) is 22.8 Å². The number of carbonyl (C=O) groups excluding carboxylic acids is 1. The van der Waals surface area contributed by atoms with Crippen molar-refractivity contribution in [2.45, 2.75) is 6.92 Å². The molecule has 2 aromatic heterocycles. The minimum absolute atomic E-state index is 0.259. The van der Waals surface area contributed by atoms with E-state index in [0.717, 1.165) is 16.2 Å². The summed E-state index contributed by atoms with van der Waals surface area (Å²) < 4.78 is 14.7. The number of aryl methyl sites for hydroxylation is 1. The van der Waals surface area contributed by atoms with Gasteiger partial charge in [0.1, 0.15) is 11.5 Å². The molecular formula is C19H14FN3OS. The van der Waals surface area contributed by atoms with Gasteiger partial charge in [-0.1, -0.05) is 29.8 Å². The van der Waals surface area contributed by atoms with Crippen LogP contribution in [0.4, 0.5) is 10.1 Å². The van der Waals surface area contributed by atoms with E-state index >= 15 is 0 Å². The predicted molar refractivity (Wildman–Crippen MR) is 97.6 cm³/mol. The number of hydrogen-bond donors (Lipinski definition) is 1. The number of nitrogens with one attached hydrogen (secondary N) is 1. The third kappa shape index (κ3) is 3.04. The van der Waals surface area contributed by atoms with E-state index in [1.54, 1.807) is 9.78 Å². The molecule has 124 valence electrons. The maximum absolute atomic E-state index is 13.0. The third-order valence-corrected chi connectivity index (χ3v) is 4.73. The fourth-order valence-electron chi connectivity index (χ4n) is 2.54. The van der Waals surface area contributed by atoms with Gasteiger partial charge in [0.25, 0.3) is 5.91 Å². The fraction of sp³-hybridized carbons (Fsp3) is 0.0526. The van der Waals surface area contributed by atoms with Crippen molar-refractivity contribution in [3.63, 3.8) is 0 Å². The van der Waals surface area contributed by atoms with E-state index in [1.807, 2.05) is 37.4 Å². The summed E-state index contributed by atoms with van der Waals surface area (Å²) in [6, 6.07) is 13.8. The highest BCUT2D eigenvalue weighted by Crippen LogP contribution is 2.24. The fourth-order valence-corrected chi connectivity index (χ4v) is 3.39. The standard InChI is InChI=1S/C19H14FN3OS/c1-12-2-4-13(5-3-12)16-10-23-17(11-25-19(23)22-16)18(24)21-15-8-6-14(20)7-9-15/h2-11H,1H3,(H,21,24). The lowest BCUT2D eigenvalue weighted by molar-refractivity contribution is 0.102. The number of anilines is 1. The molecule has 6 heteroatoms. The van der Waals surface area contributed by atoms with Crippen molar-refractivity contribution in [2.75, 3.05) is 5.32 Å². The summed E-state index contributed by atoms with van der Waals surface area (Å²) in [5.74, 6) is -0.598. The largest absolute Gasteiger partial charge is 0.321 e. The smallest absolute Gasteiger partial charge is 0.273 e. The Labute approximate surface area is 147 Å². The highest BCUT2D eigenvalue weighted by Gasteiger charge is 2.15. The first-order valence-electron chi connectivity index (χ1n) is 7.71. The number of carbonyl (C=O) groups is 1. The molecule has 0 aliphatic heterocycles. The molecule has 2 aromatic carbocycles. The molecule has 0 saturated carbocycles. The van der Waals surface area contributed by atoms with E-state index in [2.05, 4.69) is 10.3 Å². The van der Waals surface area contributed by atoms with E-state index in [-0.39, 0.29) is 11.7 Å². The minimum atomic E-state index is -0.340. The molecule has 0 aliphatic rings. The summed E-state index contributed by atoms with van der Waals surface area (Å²) in [5, 5.41) is 4.54. The lowest BCUT2D eigenvalue weighted by Crippen LogP contribution is -2.13. The molecule has 0 unspecified atom stereocenters. The zero-order chi connectivity index (χ0) is 17.4. The molecule has 0 spiro atoms. The van der Waals surface area contributed by atoms with Crippen LogP contribution >= 0.6 is 11.3 Å². The van der Waals surface area contributed by atoms with Crippen LogP contribution in [0.15, 0.2) is 60.1 Å². The van der Waals surface area contributed by atoms with Gasteiger partial charge in [0.05, 0.1) is 5.69 Å². The second-order valence-corrected chi connectivity index (χ2v) is 6.56. The van der Waals surface area contributed by atoms with E-state index in [9.17, 15) is 9.18 Å². The Morgan fingerprint density at radius 1 is 1.12 bits per heavy atom. The van der Waals surface area contributed by atoms with Crippen LogP contribution in [0.3, 0.4) is 0 Å². The van der Waals surface area contributed by atoms with Crippen LogP contribution in [-0.2, 0) is 0 Å². The summed E-state index contributed by atoms with van der Waals surface area (Å²) in [4.78, 5) is 17.9. The molecule has 0 aliphatic carbocycles. The molecule has 0 saturated heterocycles. The normalized spacial score (nSPS) is 11.0. The maximum Gasteiger partial charge on any atom is 0.273 e. The first kappa shape index (κ1) is 15.5. The Bertz CT molecular complexity index is 1050. The summed E-state index contributed by atoms with van der Waals surface area (Å²) in [6.07, 6.45) is 1.86. The second-order valence-electron chi connectivity index (χ2n) is 5.73. The first-order valence-corrected chi connectivity index (χ1v) is 8.59. The first-order chi connectivity index (χ1) is 12.1. The topological polar surface area (TPSA) is 46.4 Å². The van der Waals surface area contributed by atoms with Crippen LogP contribution < -0.4 is 5.32 Å². The van der Waals surface area contributed by atoms with Gasteiger partial charge in [-0.3, -0.25) is 9.20 Å². The average molecular weight is 351 g/mol. The zero-order valence-corrected chi connectivity index (χ0v) is 14.2. The Hall–Kier alpha value is -2.99. The molecule has 4 aromatic rings. The molecule has 2 heterocycles. The molecular weight excluding hydrogens is 337 g/mol. The highest BCUT2D eigenvalue weighted by atomic mass is 32.1. The SMILES string of the molecule is Cc1ccc(-c2cn3c(C(=O)Nc4ccc(F)cc4)csc3n2)cc1. The number of fused-ring (bicyclic) bond motifs is 1. The van der Waals surface area contributed by atoms with E-state index in [0.29, 0.717) is 11.4 Å². The number of imidazole rings is 1. The number of amides is 1. The average Bonchev–Trinajstić information content (AvgIpc) is 3.18. The van der Waals surface area contributed by atoms with Gasteiger partial charge in [-0.05, 0) is 31.2 Å². The summed E-state index contributed by atoms with van der Waals surface area (Å²) in [7, 11) is 0. The number of benzene rings is 2. The lowest BCUT2D eigenvalue weighted by Gasteiger charge is -2.04. The van der Waals surface area contributed by atoms with Crippen LogP contribution in [0.25, 0.3) is 16.2 Å². The molecule has 0 atom stereocenters. The van der Waals surface area contributed by atoms with Crippen LogP contribution in [0.1, 0.15) is 16.1 Å². The summed E-state index contributed by atoms with van der Waals surface area (Å²) >= 11 is 1.40. The Morgan fingerprint density at radius 2 is 1.84 bits per heavy atom. The molecule has 4 nitrogen and oxygen atoms in total. The molecule has 1 amide bonds. The van der Waals surface area contributed by atoms with Gasteiger partial charge in [-0.25, -0.2) is 9.37 Å². The second kappa shape index (κ2) is 6.14. The third-order valence-electron chi connectivity index (χ3n) is 3.89. The Kier molecular flexibility index (Phi) is 3.82. The number of halogens is 1. The van der Waals surface area contributed by atoms with Crippen molar-refractivity contribution in [3.8, 4) is 11.3 Å². The van der Waals surface area contributed by atoms with E-state index < -0.39 is 0 Å². The number of hydrogen-bond acceptors (Lipinski definition) is 3. The summed E-state index contributed by atoms with van der Waals surface area (Å²) in [5.41, 5.74) is 4.05. The quantitative estimate of drug-likeness (QED) is 0.578. The predicted octanol–water partition coefficient (Wildman–Crippen LogP) is 4.76.